The molecule has 0 aliphatic carbocycles. The molecule has 1 aromatic heterocycles. The van der Waals surface area contributed by atoms with Crippen LogP contribution in [0.15, 0.2) is 174 Å². The number of nitrogens with zero attached hydrogens (tertiary/aromatic N) is 2. The van der Waals surface area contributed by atoms with Crippen molar-refractivity contribution < 1.29 is 28.3 Å². The molecule has 0 radical (unpaired) electrons. The zero-order chi connectivity index (χ0) is 43.0. The third-order valence-electron chi connectivity index (χ3n) is 11.5. The average molecular weight is 904 g/mol. The van der Waals surface area contributed by atoms with Gasteiger partial charge >= 0.3 is 7.82 Å². The Hall–Kier alpha value is -6.06. The Kier molecular flexibility index (Phi) is 11.3. The number of phosphoric acid groups is 1. The van der Waals surface area contributed by atoms with Gasteiger partial charge in [0.2, 0.25) is 5.88 Å². The van der Waals surface area contributed by atoms with Crippen LogP contribution in [0.25, 0.3) is 54.3 Å². The Morgan fingerprint density at radius 3 is 1.82 bits per heavy atom. The maximum absolute atomic E-state index is 13.0. The van der Waals surface area contributed by atoms with Gasteiger partial charge in [-0.25, -0.2) is 9.55 Å². The highest BCUT2D eigenvalue weighted by molar-refractivity contribution is 9.10. The molecule has 0 unspecified atom stereocenters. The monoisotopic (exact) mass is 902 g/mol. The third kappa shape index (κ3) is 7.95. The number of methoxy groups -OCH3 is 1. The van der Waals surface area contributed by atoms with Crippen molar-refractivity contribution in [3.05, 3.63) is 191 Å². The van der Waals surface area contributed by atoms with E-state index in [4.69, 9.17) is 18.8 Å². The number of aliphatic hydroxyl groups is 1. The zero-order valence-corrected chi connectivity index (χ0v) is 36.9. The summed E-state index contributed by atoms with van der Waals surface area (Å²) in [7, 11) is 1.47. The van der Waals surface area contributed by atoms with Gasteiger partial charge in [-0.15, -0.1) is 0 Å². The van der Waals surface area contributed by atoms with Crippen LogP contribution in [-0.2, 0) is 10.2 Å². The number of benzene rings is 8. The second kappa shape index (κ2) is 17.0. The minimum atomic E-state index is -4.25. The van der Waals surface area contributed by atoms with Gasteiger partial charge in [-0.1, -0.05) is 149 Å². The summed E-state index contributed by atoms with van der Waals surface area (Å²) in [5.41, 5.74) is 3.91. The lowest BCUT2D eigenvalue weighted by atomic mass is 9.70. The summed E-state index contributed by atoms with van der Waals surface area (Å²) in [5.74, 6) is 0.789. The largest absolute Gasteiger partial charge is 0.584 e. The fourth-order valence-electron chi connectivity index (χ4n) is 8.74. The van der Waals surface area contributed by atoms with E-state index in [2.05, 4.69) is 69.4 Å². The van der Waals surface area contributed by atoms with Crippen molar-refractivity contribution in [2.24, 2.45) is 0 Å². The summed E-state index contributed by atoms with van der Waals surface area (Å²) in [6, 6.07) is 55.8. The Labute approximate surface area is 368 Å². The first-order valence-corrected chi connectivity index (χ1v) is 22.6. The van der Waals surface area contributed by atoms with Crippen LogP contribution in [0.4, 0.5) is 0 Å². The first kappa shape index (κ1) is 41.3. The maximum Gasteiger partial charge on any atom is 0.584 e. The number of ether oxygens (including phenoxy) is 1. The maximum atomic E-state index is 13.0. The lowest BCUT2D eigenvalue weighted by Crippen LogP contribution is -2.38. The van der Waals surface area contributed by atoms with Crippen LogP contribution in [0, 0.1) is 0 Å². The summed E-state index contributed by atoms with van der Waals surface area (Å²) >= 11 is 3.60. The number of hydrogen-bond donors (Lipinski definition) is 2. The van der Waals surface area contributed by atoms with E-state index in [9.17, 15) is 14.6 Å². The lowest BCUT2D eigenvalue weighted by molar-refractivity contribution is 0.00520. The standard InChI is InChI=1S/C32H31BrN2O2.C20H13O4P/c1-35(2)19-18-32(36,28-15-9-13-22-10-7-8-14-26(22)28)30(23-11-5-4-6-12-23)27-21-24-20-25(33)16-17-29(24)34-31(27)37-3;21-25(22)23-17-11-9-13-5-1-3-7-15(13)19(17)20-16-8-4-2-6-14(16)10-12-18(20)24-25/h4-17,20-21,30,36H,18-19H2,1-3H3;1-12H,(H,21,22)/t30-,32-;/m1./s1. The van der Waals surface area contributed by atoms with E-state index in [1.807, 2.05) is 123 Å². The Morgan fingerprint density at radius 1 is 0.677 bits per heavy atom. The van der Waals surface area contributed by atoms with E-state index >= 15 is 0 Å². The Balaban J connectivity index is 0.000000170. The molecule has 2 atom stereocenters. The first-order chi connectivity index (χ1) is 30.0. The van der Waals surface area contributed by atoms with E-state index in [1.165, 1.54) is 0 Å². The number of fused-ring (bicyclic) bond motifs is 9. The molecule has 1 aliphatic rings. The molecule has 0 fully saturated rings. The minimum Gasteiger partial charge on any atom is -0.481 e. The van der Waals surface area contributed by atoms with Crippen molar-refractivity contribution in [2.45, 2.75) is 17.9 Å². The Morgan fingerprint density at radius 2 is 1.23 bits per heavy atom. The molecule has 1 aliphatic heterocycles. The normalized spacial score (nSPS) is 14.4. The van der Waals surface area contributed by atoms with Crippen molar-refractivity contribution in [3.63, 3.8) is 0 Å². The molecule has 310 valence electrons. The van der Waals surface area contributed by atoms with Gasteiger partial charge in [-0.2, -0.15) is 0 Å². The summed E-state index contributed by atoms with van der Waals surface area (Å²) in [5, 5.41) is 20.1. The van der Waals surface area contributed by atoms with Gasteiger partial charge in [-0.05, 0) is 100 Å². The topological polar surface area (TPSA) is 101 Å². The van der Waals surface area contributed by atoms with Gasteiger partial charge in [-0.3, -0.25) is 4.89 Å². The van der Waals surface area contributed by atoms with Crippen molar-refractivity contribution in [3.8, 4) is 28.5 Å². The number of aromatic nitrogens is 1. The smallest absolute Gasteiger partial charge is 0.481 e. The molecule has 8 nitrogen and oxygen atoms in total. The van der Waals surface area contributed by atoms with Crippen LogP contribution < -0.4 is 13.8 Å². The molecule has 0 spiro atoms. The number of phosphoric ester groups is 1. The molecule has 2 heterocycles. The van der Waals surface area contributed by atoms with Crippen LogP contribution in [0.1, 0.15) is 29.0 Å². The summed E-state index contributed by atoms with van der Waals surface area (Å²) in [6.45, 7) is 0.706. The second-order valence-corrected chi connectivity index (χ2v) is 18.0. The van der Waals surface area contributed by atoms with E-state index < -0.39 is 19.3 Å². The molecular weight excluding hydrogens is 859 g/mol. The lowest BCUT2D eigenvalue weighted by Gasteiger charge is -2.39. The van der Waals surface area contributed by atoms with Gasteiger partial charge in [0.25, 0.3) is 0 Å². The molecule has 0 saturated carbocycles. The van der Waals surface area contributed by atoms with E-state index in [1.54, 1.807) is 19.2 Å². The van der Waals surface area contributed by atoms with Crippen molar-refractivity contribution >= 4 is 67.0 Å². The SMILES string of the molecule is COc1nc2ccc(Br)cc2cc1[C@@H](c1ccccc1)[C@@](O)(CCN(C)C)c1cccc2ccccc12.O=P1(O)Oc2ccc3ccccc3c2-c2c(ccc3ccccc23)O1. The second-order valence-electron chi connectivity index (χ2n) is 15.7. The molecular formula is C52H44BrN2O6P. The van der Waals surface area contributed by atoms with Crippen LogP contribution in [-0.4, -0.2) is 47.6 Å². The fourth-order valence-corrected chi connectivity index (χ4v) is 9.96. The molecule has 10 heteroatoms. The average Bonchev–Trinajstić information content (AvgIpc) is 3.41. The number of pyridine rings is 1. The van der Waals surface area contributed by atoms with Gasteiger partial charge in [0.05, 0.1) is 12.6 Å². The summed E-state index contributed by atoms with van der Waals surface area (Å²) < 4.78 is 30.0. The van der Waals surface area contributed by atoms with E-state index in [0.29, 0.717) is 30.3 Å². The van der Waals surface area contributed by atoms with Gasteiger partial charge in [0.1, 0.15) is 17.1 Å². The summed E-state index contributed by atoms with van der Waals surface area (Å²) in [4.78, 5) is 17.1. The van der Waals surface area contributed by atoms with Crippen LogP contribution in [0.5, 0.6) is 17.4 Å². The zero-order valence-electron chi connectivity index (χ0n) is 34.4. The molecule has 0 amide bonds. The highest BCUT2D eigenvalue weighted by Crippen LogP contribution is 2.57. The van der Waals surface area contributed by atoms with E-state index in [-0.39, 0.29) is 0 Å². The number of hydrogen-bond acceptors (Lipinski definition) is 7. The van der Waals surface area contributed by atoms with Crippen molar-refractivity contribution in [2.75, 3.05) is 27.7 Å². The quantitative estimate of drug-likeness (QED) is 0.145. The summed E-state index contributed by atoms with van der Waals surface area (Å²) in [6.07, 6.45) is 0.521. The van der Waals surface area contributed by atoms with E-state index in [0.717, 1.165) is 75.5 Å². The van der Waals surface area contributed by atoms with Gasteiger partial charge in [0, 0.05) is 39.0 Å². The molecule has 8 aromatic carbocycles. The highest BCUT2D eigenvalue weighted by Gasteiger charge is 2.43. The van der Waals surface area contributed by atoms with Gasteiger partial charge in [0.15, 0.2) is 0 Å². The fraction of sp³-hybridized carbons (Fsp3) is 0.135. The molecule has 10 rings (SSSR count). The van der Waals surface area contributed by atoms with Crippen LogP contribution in [0.3, 0.4) is 0 Å². The predicted octanol–water partition coefficient (Wildman–Crippen LogP) is 12.7. The molecule has 0 saturated heterocycles. The van der Waals surface area contributed by atoms with Crippen LogP contribution >= 0.6 is 23.8 Å². The predicted molar refractivity (Wildman–Crippen MR) is 253 cm³/mol. The van der Waals surface area contributed by atoms with Gasteiger partial charge < -0.3 is 23.8 Å². The minimum absolute atomic E-state index is 0.347. The highest BCUT2D eigenvalue weighted by atomic mass is 79.9. The molecule has 9 aromatic rings. The molecule has 2 N–H and O–H groups in total. The van der Waals surface area contributed by atoms with Crippen molar-refractivity contribution in [1.82, 2.24) is 9.88 Å². The van der Waals surface area contributed by atoms with Crippen molar-refractivity contribution in [1.29, 1.82) is 0 Å². The van der Waals surface area contributed by atoms with Crippen LogP contribution in [0.2, 0.25) is 0 Å². The molecule has 0 bridgehead atoms. The Bertz CT molecular complexity index is 3070. The number of halogens is 1. The molecule has 62 heavy (non-hydrogen) atoms. The number of rotatable bonds is 8. The third-order valence-corrected chi connectivity index (χ3v) is 12.9. The first-order valence-electron chi connectivity index (χ1n) is 20.3.